The molecule has 1 aromatic heterocycles. The first-order valence-electron chi connectivity index (χ1n) is 9.87. The molecular formula is C22H31ClN2O3. The van der Waals surface area contributed by atoms with Crippen LogP contribution in [0.2, 0.25) is 0 Å². The predicted molar refractivity (Wildman–Crippen MR) is 112 cm³/mol. The van der Waals surface area contributed by atoms with Crippen molar-refractivity contribution in [3.8, 4) is 0 Å². The molecule has 1 aliphatic heterocycles. The van der Waals surface area contributed by atoms with Gasteiger partial charge in [-0.3, -0.25) is 4.79 Å². The lowest BCUT2D eigenvalue weighted by Crippen LogP contribution is -2.37. The van der Waals surface area contributed by atoms with Crippen LogP contribution in [0.3, 0.4) is 0 Å². The third kappa shape index (κ3) is 6.36. The molecule has 3 rings (SSSR count). The van der Waals surface area contributed by atoms with E-state index in [4.69, 9.17) is 4.42 Å². The van der Waals surface area contributed by atoms with Crippen molar-refractivity contribution >= 4 is 18.3 Å². The quantitative estimate of drug-likeness (QED) is 0.700. The molecule has 2 atom stereocenters. The second kappa shape index (κ2) is 11.2. The van der Waals surface area contributed by atoms with Gasteiger partial charge in [0.15, 0.2) is 0 Å². The number of hydrogen-bond donors (Lipinski definition) is 2. The van der Waals surface area contributed by atoms with Gasteiger partial charge >= 0.3 is 0 Å². The van der Waals surface area contributed by atoms with Crippen molar-refractivity contribution in [1.29, 1.82) is 0 Å². The topological polar surface area (TPSA) is 65.7 Å². The molecule has 2 unspecified atom stereocenters. The van der Waals surface area contributed by atoms with Gasteiger partial charge in [0.1, 0.15) is 11.9 Å². The van der Waals surface area contributed by atoms with Gasteiger partial charge in [0, 0.05) is 13.0 Å². The highest BCUT2D eigenvalue weighted by atomic mass is 35.5. The maximum atomic E-state index is 13.1. The van der Waals surface area contributed by atoms with Gasteiger partial charge in [-0.25, -0.2) is 0 Å². The first kappa shape index (κ1) is 22.5. The number of rotatable bonds is 8. The zero-order valence-corrected chi connectivity index (χ0v) is 17.2. The van der Waals surface area contributed by atoms with Gasteiger partial charge in [-0.05, 0) is 55.5 Å². The standard InChI is InChI=1S/C22H30N2O3.ClH/c1-17(19-9-11-23-12-10-19)14-22(26)24(15-18-6-3-2-4-7-18)16-20(25)21-8-5-13-27-21;/h2-8,13,17,19-20,23,25H,9-12,14-16H2,1H3;1H. The summed E-state index contributed by atoms with van der Waals surface area (Å²) in [5.41, 5.74) is 1.06. The zero-order valence-electron chi connectivity index (χ0n) is 16.4. The maximum absolute atomic E-state index is 13.1. The van der Waals surface area contributed by atoms with E-state index in [1.807, 2.05) is 30.3 Å². The smallest absolute Gasteiger partial charge is 0.223 e. The molecular weight excluding hydrogens is 376 g/mol. The molecule has 154 valence electrons. The van der Waals surface area contributed by atoms with Gasteiger partial charge < -0.3 is 19.7 Å². The molecule has 0 spiro atoms. The highest BCUT2D eigenvalue weighted by Gasteiger charge is 2.26. The summed E-state index contributed by atoms with van der Waals surface area (Å²) in [6.45, 7) is 4.98. The minimum absolute atomic E-state index is 0. The Hall–Kier alpha value is -1.82. The van der Waals surface area contributed by atoms with E-state index < -0.39 is 6.10 Å². The predicted octanol–water partition coefficient (Wildman–Crippen LogP) is 3.79. The van der Waals surface area contributed by atoms with E-state index in [1.54, 1.807) is 23.3 Å². The molecule has 1 aromatic carbocycles. The van der Waals surface area contributed by atoms with Crippen LogP contribution >= 0.6 is 12.4 Å². The average Bonchev–Trinajstić information content (AvgIpc) is 3.24. The highest BCUT2D eigenvalue weighted by molar-refractivity contribution is 5.85. The molecule has 28 heavy (non-hydrogen) atoms. The van der Waals surface area contributed by atoms with Gasteiger partial charge in [-0.15, -0.1) is 12.4 Å². The first-order chi connectivity index (χ1) is 13.1. The summed E-state index contributed by atoms with van der Waals surface area (Å²) in [5.74, 6) is 1.52. The van der Waals surface area contributed by atoms with Crippen LogP contribution in [-0.4, -0.2) is 35.5 Å². The molecule has 1 amide bonds. The van der Waals surface area contributed by atoms with E-state index in [0.29, 0.717) is 30.6 Å². The Morgan fingerprint density at radius 2 is 1.93 bits per heavy atom. The van der Waals surface area contributed by atoms with Gasteiger partial charge in [0.05, 0.1) is 12.8 Å². The van der Waals surface area contributed by atoms with E-state index in [9.17, 15) is 9.90 Å². The number of hydrogen-bond acceptors (Lipinski definition) is 4. The molecule has 5 nitrogen and oxygen atoms in total. The minimum atomic E-state index is -0.818. The van der Waals surface area contributed by atoms with Crippen LogP contribution in [-0.2, 0) is 11.3 Å². The highest BCUT2D eigenvalue weighted by Crippen LogP contribution is 2.26. The summed E-state index contributed by atoms with van der Waals surface area (Å²) in [5, 5.41) is 13.9. The Morgan fingerprint density at radius 1 is 1.21 bits per heavy atom. The molecule has 2 N–H and O–H groups in total. The third-order valence-electron chi connectivity index (χ3n) is 5.52. The molecule has 0 aliphatic carbocycles. The summed E-state index contributed by atoms with van der Waals surface area (Å²) in [6, 6.07) is 13.4. The molecule has 1 aliphatic rings. The SMILES string of the molecule is CC(CC(=O)N(Cc1ccccc1)CC(O)c1ccco1)C1CCNCC1.Cl. The number of piperidine rings is 1. The largest absolute Gasteiger partial charge is 0.467 e. The number of amides is 1. The second-order valence-electron chi connectivity index (χ2n) is 7.56. The Labute approximate surface area is 173 Å². The van der Waals surface area contributed by atoms with Crippen molar-refractivity contribution in [2.45, 2.75) is 38.8 Å². The number of aliphatic hydroxyl groups excluding tert-OH is 1. The lowest BCUT2D eigenvalue weighted by molar-refractivity contribution is -0.135. The molecule has 2 aromatic rings. The van der Waals surface area contributed by atoms with E-state index in [2.05, 4.69) is 12.2 Å². The second-order valence-corrected chi connectivity index (χ2v) is 7.56. The van der Waals surface area contributed by atoms with Crippen LogP contribution in [0.25, 0.3) is 0 Å². The van der Waals surface area contributed by atoms with Crippen molar-refractivity contribution in [2.24, 2.45) is 11.8 Å². The van der Waals surface area contributed by atoms with E-state index >= 15 is 0 Å². The van der Waals surface area contributed by atoms with Gasteiger partial charge in [0.25, 0.3) is 0 Å². The number of nitrogens with one attached hydrogen (secondary N) is 1. The molecule has 0 saturated carbocycles. The van der Waals surface area contributed by atoms with Crippen molar-refractivity contribution in [2.75, 3.05) is 19.6 Å². The van der Waals surface area contributed by atoms with E-state index in [0.717, 1.165) is 31.5 Å². The number of halogens is 1. The van der Waals surface area contributed by atoms with Crippen molar-refractivity contribution in [3.05, 3.63) is 60.1 Å². The molecule has 1 fully saturated rings. The van der Waals surface area contributed by atoms with Gasteiger partial charge in [-0.2, -0.15) is 0 Å². The van der Waals surface area contributed by atoms with Crippen molar-refractivity contribution in [3.63, 3.8) is 0 Å². The molecule has 1 saturated heterocycles. The lowest BCUT2D eigenvalue weighted by atomic mass is 9.84. The number of nitrogens with zero attached hydrogens (tertiary/aromatic N) is 1. The summed E-state index contributed by atoms with van der Waals surface area (Å²) in [4.78, 5) is 14.8. The third-order valence-corrected chi connectivity index (χ3v) is 5.52. The van der Waals surface area contributed by atoms with Crippen LogP contribution in [0, 0.1) is 11.8 Å². The maximum Gasteiger partial charge on any atom is 0.223 e. The normalized spacial score (nSPS) is 16.8. The van der Waals surface area contributed by atoms with Gasteiger partial charge in [-0.1, -0.05) is 37.3 Å². The molecule has 2 heterocycles. The van der Waals surface area contributed by atoms with Crippen molar-refractivity contribution < 1.29 is 14.3 Å². The van der Waals surface area contributed by atoms with Crippen LogP contribution in [0.5, 0.6) is 0 Å². The van der Waals surface area contributed by atoms with E-state index in [1.165, 1.54) is 0 Å². The Bertz CT molecular complexity index is 687. The number of benzene rings is 1. The Morgan fingerprint density at radius 3 is 2.57 bits per heavy atom. The molecule has 6 heteroatoms. The monoisotopic (exact) mass is 406 g/mol. The van der Waals surface area contributed by atoms with E-state index in [-0.39, 0.29) is 24.9 Å². The van der Waals surface area contributed by atoms with Crippen LogP contribution in [0.1, 0.15) is 43.6 Å². The summed E-state index contributed by atoms with van der Waals surface area (Å²) >= 11 is 0. The zero-order chi connectivity index (χ0) is 19.1. The first-order valence-corrected chi connectivity index (χ1v) is 9.87. The summed E-state index contributed by atoms with van der Waals surface area (Å²) in [7, 11) is 0. The van der Waals surface area contributed by atoms with Crippen LogP contribution < -0.4 is 5.32 Å². The number of carbonyl (C=O) groups excluding carboxylic acids is 1. The molecule has 0 bridgehead atoms. The Balaban J connectivity index is 0.00000280. The Kier molecular flexibility index (Phi) is 9.03. The molecule has 0 radical (unpaired) electrons. The fourth-order valence-electron chi connectivity index (χ4n) is 3.82. The lowest BCUT2D eigenvalue weighted by Gasteiger charge is -2.31. The fraction of sp³-hybridized carbons (Fsp3) is 0.500. The fourth-order valence-corrected chi connectivity index (χ4v) is 3.82. The van der Waals surface area contributed by atoms with Crippen molar-refractivity contribution in [1.82, 2.24) is 10.2 Å². The summed E-state index contributed by atoms with van der Waals surface area (Å²) < 4.78 is 5.31. The van der Waals surface area contributed by atoms with Gasteiger partial charge in [0.2, 0.25) is 5.91 Å². The average molecular weight is 407 g/mol. The minimum Gasteiger partial charge on any atom is -0.467 e. The number of furan rings is 1. The van der Waals surface area contributed by atoms with Crippen LogP contribution in [0.15, 0.2) is 53.1 Å². The van der Waals surface area contributed by atoms with Crippen LogP contribution in [0.4, 0.5) is 0 Å². The number of aliphatic hydroxyl groups is 1. The summed E-state index contributed by atoms with van der Waals surface area (Å²) in [6.07, 6.45) is 3.50. The number of carbonyl (C=O) groups is 1.